The van der Waals surface area contributed by atoms with Crippen LogP contribution in [0.25, 0.3) is 0 Å². The summed E-state index contributed by atoms with van der Waals surface area (Å²) in [5.41, 5.74) is 0. The van der Waals surface area contributed by atoms with Gasteiger partial charge in [-0.1, -0.05) is 47.6 Å². The standard InChI is InChI=1S/C18H32N2S/c1-12(2)15-11-20(16(10-19-15)13(3)4)18(14(5)6)17-8-7-9-21-17/h7-9,12-16,18-19H,10-11H2,1-6H3. The molecule has 0 radical (unpaired) electrons. The van der Waals surface area contributed by atoms with Gasteiger partial charge in [-0.05, 0) is 29.2 Å². The molecule has 2 rings (SSSR count). The highest BCUT2D eigenvalue weighted by Crippen LogP contribution is 2.36. The van der Waals surface area contributed by atoms with Crippen LogP contribution in [0.1, 0.15) is 52.5 Å². The molecule has 0 aliphatic carbocycles. The lowest BCUT2D eigenvalue weighted by Gasteiger charge is -2.48. The second kappa shape index (κ2) is 7.26. The quantitative estimate of drug-likeness (QED) is 0.867. The molecule has 1 N–H and O–H groups in total. The van der Waals surface area contributed by atoms with Crippen molar-refractivity contribution >= 4 is 11.3 Å². The fourth-order valence-corrected chi connectivity index (χ4v) is 4.55. The molecule has 1 fully saturated rings. The molecule has 3 heteroatoms. The van der Waals surface area contributed by atoms with Crippen molar-refractivity contribution in [3.63, 3.8) is 0 Å². The Morgan fingerprint density at radius 1 is 1.14 bits per heavy atom. The summed E-state index contributed by atoms with van der Waals surface area (Å²) >= 11 is 1.91. The molecular weight excluding hydrogens is 276 g/mol. The zero-order valence-corrected chi connectivity index (χ0v) is 15.3. The van der Waals surface area contributed by atoms with Crippen LogP contribution in [0.15, 0.2) is 17.5 Å². The molecule has 21 heavy (non-hydrogen) atoms. The molecule has 1 aromatic heterocycles. The minimum atomic E-state index is 0.556. The van der Waals surface area contributed by atoms with E-state index in [4.69, 9.17) is 0 Å². The Balaban J connectivity index is 2.28. The van der Waals surface area contributed by atoms with Crippen molar-refractivity contribution in [3.8, 4) is 0 Å². The average Bonchev–Trinajstić information content (AvgIpc) is 2.91. The van der Waals surface area contributed by atoms with E-state index in [0.717, 1.165) is 6.54 Å². The molecule has 0 amide bonds. The van der Waals surface area contributed by atoms with Crippen molar-refractivity contribution in [3.05, 3.63) is 22.4 Å². The van der Waals surface area contributed by atoms with Crippen LogP contribution in [0.4, 0.5) is 0 Å². The van der Waals surface area contributed by atoms with E-state index in [1.165, 1.54) is 11.4 Å². The molecule has 1 saturated heterocycles. The van der Waals surface area contributed by atoms with E-state index in [2.05, 4.69) is 69.3 Å². The second-order valence-electron chi connectivity index (χ2n) is 7.47. The van der Waals surface area contributed by atoms with Gasteiger partial charge in [0.25, 0.3) is 0 Å². The van der Waals surface area contributed by atoms with Gasteiger partial charge in [-0.15, -0.1) is 11.3 Å². The first-order valence-electron chi connectivity index (χ1n) is 8.44. The van der Waals surface area contributed by atoms with Crippen molar-refractivity contribution in [2.24, 2.45) is 17.8 Å². The Labute approximate surface area is 134 Å². The summed E-state index contributed by atoms with van der Waals surface area (Å²) in [5.74, 6) is 2.03. The molecule has 1 aliphatic heterocycles. The van der Waals surface area contributed by atoms with Crippen LogP contribution in [0.2, 0.25) is 0 Å². The Morgan fingerprint density at radius 3 is 2.33 bits per heavy atom. The summed E-state index contributed by atoms with van der Waals surface area (Å²) in [4.78, 5) is 4.32. The molecule has 120 valence electrons. The molecule has 3 unspecified atom stereocenters. The first kappa shape index (κ1) is 17.0. The maximum atomic E-state index is 3.78. The summed E-state index contributed by atoms with van der Waals surface area (Å²) in [6.45, 7) is 16.4. The number of hydrogen-bond donors (Lipinski definition) is 1. The van der Waals surface area contributed by atoms with Crippen LogP contribution < -0.4 is 5.32 Å². The third-order valence-corrected chi connectivity index (χ3v) is 5.76. The lowest BCUT2D eigenvalue weighted by Crippen LogP contribution is -2.60. The monoisotopic (exact) mass is 308 g/mol. The summed E-state index contributed by atoms with van der Waals surface area (Å²) in [7, 11) is 0. The van der Waals surface area contributed by atoms with Gasteiger partial charge in [0.15, 0.2) is 0 Å². The molecule has 0 spiro atoms. The SMILES string of the molecule is CC(C)C1CN(C(c2cccs2)C(C)C)C(C(C)C)CN1. The van der Waals surface area contributed by atoms with Crippen molar-refractivity contribution in [1.82, 2.24) is 10.2 Å². The van der Waals surface area contributed by atoms with Crippen LogP contribution in [0.5, 0.6) is 0 Å². The second-order valence-corrected chi connectivity index (χ2v) is 8.45. The Morgan fingerprint density at radius 2 is 1.86 bits per heavy atom. The Hall–Kier alpha value is -0.380. The van der Waals surface area contributed by atoms with Crippen molar-refractivity contribution in [2.45, 2.75) is 59.7 Å². The van der Waals surface area contributed by atoms with E-state index in [9.17, 15) is 0 Å². The van der Waals surface area contributed by atoms with Crippen molar-refractivity contribution in [2.75, 3.05) is 13.1 Å². The van der Waals surface area contributed by atoms with E-state index in [1.54, 1.807) is 0 Å². The number of rotatable bonds is 5. The lowest BCUT2D eigenvalue weighted by molar-refractivity contribution is 0.0277. The van der Waals surface area contributed by atoms with Gasteiger partial charge < -0.3 is 5.32 Å². The van der Waals surface area contributed by atoms with Gasteiger partial charge in [0, 0.05) is 36.1 Å². The minimum Gasteiger partial charge on any atom is -0.311 e. The molecule has 2 nitrogen and oxygen atoms in total. The highest BCUT2D eigenvalue weighted by molar-refractivity contribution is 7.10. The van der Waals surface area contributed by atoms with Crippen molar-refractivity contribution < 1.29 is 0 Å². The third-order valence-electron chi connectivity index (χ3n) is 4.82. The van der Waals surface area contributed by atoms with Crippen LogP contribution in [-0.4, -0.2) is 30.1 Å². The molecule has 1 aromatic rings. The van der Waals surface area contributed by atoms with Gasteiger partial charge in [0.1, 0.15) is 0 Å². The van der Waals surface area contributed by atoms with Gasteiger partial charge in [-0.25, -0.2) is 0 Å². The smallest absolute Gasteiger partial charge is 0.0468 e. The fraction of sp³-hybridized carbons (Fsp3) is 0.778. The van der Waals surface area contributed by atoms with E-state index in [-0.39, 0.29) is 0 Å². The molecule has 3 atom stereocenters. The normalized spacial score (nSPS) is 26.0. The topological polar surface area (TPSA) is 15.3 Å². The van der Waals surface area contributed by atoms with Gasteiger partial charge in [0.05, 0.1) is 0 Å². The van der Waals surface area contributed by atoms with Crippen LogP contribution in [0.3, 0.4) is 0 Å². The Kier molecular flexibility index (Phi) is 5.87. The van der Waals surface area contributed by atoms with Crippen LogP contribution >= 0.6 is 11.3 Å². The van der Waals surface area contributed by atoms with Crippen LogP contribution in [-0.2, 0) is 0 Å². The Bertz CT molecular complexity index is 411. The molecular formula is C18H32N2S. The molecule has 1 aliphatic rings. The molecule has 2 heterocycles. The predicted octanol–water partition coefficient (Wildman–Crippen LogP) is 4.40. The molecule has 0 aromatic carbocycles. The highest BCUT2D eigenvalue weighted by Gasteiger charge is 2.37. The fourth-order valence-electron chi connectivity index (χ4n) is 3.54. The van der Waals surface area contributed by atoms with Gasteiger partial charge in [0.2, 0.25) is 0 Å². The van der Waals surface area contributed by atoms with Gasteiger partial charge in [-0.3, -0.25) is 4.90 Å². The highest BCUT2D eigenvalue weighted by atomic mass is 32.1. The van der Waals surface area contributed by atoms with E-state index >= 15 is 0 Å². The molecule has 0 saturated carbocycles. The summed E-state index contributed by atoms with van der Waals surface area (Å²) in [6.07, 6.45) is 0. The first-order valence-corrected chi connectivity index (χ1v) is 9.32. The number of nitrogens with one attached hydrogen (secondary N) is 1. The number of hydrogen-bond acceptors (Lipinski definition) is 3. The van der Waals surface area contributed by atoms with E-state index in [0.29, 0.717) is 35.9 Å². The summed E-state index contributed by atoms with van der Waals surface area (Å²) in [6, 6.07) is 6.32. The largest absolute Gasteiger partial charge is 0.311 e. The van der Waals surface area contributed by atoms with Gasteiger partial charge in [-0.2, -0.15) is 0 Å². The summed E-state index contributed by atoms with van der Waals surface area (Å²) in [5, 5.41) is 6.00. The third kappa shape index (κ3) is 3.88. The van der Waals surface area contributed by atoms with Crippen molar-refractivity contribution in [1.29, 1.82) is 0 Å². The zero-order chi connectivity index (χ0) is 15.6. The lowest BCUT2D eigenvalue weighted by atomic mass is 9.89. The first-order chi connectivity index (χ1) is 9.91. The summed E-state index contributed by atoms with van der Waals surface area (Å²) < 4.78 is 0. The maximum Gasteiger partial charge on any atom is 0.0468 e. The average molecular weight is 309 g/mol. The van der Waals surface area contributed by atoms with Crippen LogP contribution in [0, 0.1) is 17.8 Å². The predicted molar refractivity (Wildman–Crippen MR) is 93.9 cm³/mol. The number of nitrogens with zero attached hydrogens (tertiary/aromatic N) is 1. The zero-order valence-electron chi connectivity index (χ0n) is 14.5. The van der Waals surface area contributed by atoms with Gasteiger partial charge >= 0.3 is 0 Å². The molecule has 0 bridgehead atoms. The minimum absolute atomic E-state index is 0.556. The van der Waals surface area contributed by atoms with E-state index in [1.807, 2.05) is 11.3 Å². The number of piperazine rings is 1. The maximum absolute atomic E-state index is 3.78. The van der Waals surface area contributed by atoms with E-state index < -0.39 is 0 Å². The number of thiophene rings is 1.